The summed E-state index contributed by atoms with van der Waals surface area (Å²) in [5.41, 5.74) is 2.58. The average Bonchev–Trinajstić information content (AvgIpc) is 3.19. The molecule has 0 spiro atoms. The number of hydrogen-bond donors (Lipinski definition) is 1. The highest BCUT2D eigenvalue weighted by molar-refractivity contribution is 7.10. The summed E-state index contributed by atoms with van der Waals surface area (Å²) in [4.78, 5) is 19.6. The van der Waals surface area contributed by atoms with Gasteiger partial charge in [-0.1, -0.05) is 43.0 Å². The SMILES string of the molecule is O=[N+]([O-])c1ccc(Cl)nc1Nc1ccc(-c2csc(C3CCCCC3)n2)cc1. The average molecular weight is 415 g/mol. The number of hydrogen-bond acceptors (Lipinski definition) is 6. The van der Waals surface area contributed by atoms with Crippen LogP contribution in [0, 0.1) is 10.1 Å². The van der Waals surface area contributed by atoms with Gasteiger partial charge in [0, 0.05) is 28.6 Å². The molecule has 2 aromatic heterocycles. The highest BCUT2D eigenvalue weighted by Crippen LogP contribution is 2.36. The van der Waals surface area contributed by atoms with Crippen molar-refractivity contribution in [3.8, 4) is 11.3 Å². The summed E-state index contributed by atoms with van der Waals surface area (Å²) in [6.45, 7) is 0. The van der Waals surface area contributed by atoms with Crippen LogP contribution < -0.4 is 5.32 Å². The minimum absolute atomic E-state index is 0.120. The van der Waals surface area contributed by atoms with Gasteiger partial charge in [0.05, 0.1) is 15.6 Å². The Hall–Kier alpha value is -2.51. The van der Waals surface area contributed by atoms with Gasteiger partial charge in [-0.05, 0) is 31.0 Å². The van der Waals surface area contributed by atoms with Gasteiger partial charge in [0.2, 0.25) is 5.82 Å². The Bertz CT molecular complexity index is 984. The van der Waals surface area contributed by atoms with E-state index in [1.165, 1.54) is 49.2 Å². The van der Waals surface area contributed by atoms with Crippen LogP contribution in [0.1, 0.15) is 43.0 Å². The van der Waals surface area contributed by atoms with E-state index in [-0.39, 0.29) is 16.7 Å². The minimum atomic E-state index is -0.484. The molecule has 6 nitrogen and oxygen atoms in total. The summed E-state index contributed by atoms with van der Waals surface area (Å²) in [7, 11) is 0. The first-order valence-electron chi connectivity index (χ1n) is 9.24. The number of aromatic nitrogens is 2. The molecule has 4 rings (SSSR count). The Kier molecular flexibility index (Phi) is 5.54. The zero-order valence-electron chi connectivity index (χ0n) is 15.1. The Morgan fingerprint density at radius 3 is 2.54 bits per heavy atom. The Labute approximate surface area is 171 Å². The number of anilines is 2. The first-order chi connectivity index (χ1) is 13.6. The Balaban J connectivity index is 1.51. The summed E-state index contributed by atoms with van der Waals surface area (Å²) < 4.78 is 0. The highest BCUT2D eigenvalue weighted by atomic mass is 35.5. The van der Waals surface area contributed by atoms with Gasteiger partial charge < -0.3 is 5.32 Å². The highest BCUT2D eigenvalue weighted by Gasteiger charge is 2.19. The van der Waals surface area contributed by atoms with Crippen LogP contribution in [-0.2, 0) is 0 Å². The molecule has 1 N–H and O–H groups in total. The van der Waals surface area contributed by atoms with Crippen molar-refractivity contribution < 1.29 is 4.92 Å². The molecule has 144 valence electrons. The quantitative estimate of drug-likeness (QED) is 0.290. The number of nitrogens with zero attached hydrogens (tertiary/aromatic N) is 3. The molecule has 1 fully saturated rings. The topological polar surface area (TPSA) is 81.0 Å². The lowest BCUT2D eigenvalue weighted by molar-refractivity contribution is -0.384. The molecule has 1 aliphatic rings. The lowest BCUT2D eigenvalue weighted by Crippen LogP contribution is -2.03. The predicted molar refractivity (Wildman–Crippen MR) is 113 cm³/mol. The summed E-state index contributed by atoms with van der Waals surface area (Å²) in [6, 6.07) is 10.4. The summed E-state index contributed by atoms with van der Waals surface area (Å²) in [5.74, 6) is 0.724. The Morgan fingerprint density at radius 2 is 1.82 bits per heavy atom. The normalized spacial score (nSPS) is 14.8. The fourth-order valence-electron chi connectivity index (χ4n) is 3.49. The maximum Gasteiger partial charge on any atom is 0.311 e. The second kappa shape index (κ2) is 8.24. The van der Waals surface area contributed by atoms with Gasteiger partial charge in [0.15, 0.2) is 0 Å². The molecule has 28 heavy (non-hydrogen) atoms. The molecule has 0 atom stereocenters. The van der Waals surface area contributed by atoms with Crippen LogP contribution in [0.5, 0.6) is 0 Å². The molecule has 1 aliphatic carbocycles. The lowest BCUT2D eigenvalue weighted by atomic mass is 9.90. The van der Waals surface area contributed by atoms with Gasteiger partial charge in [-0.15, -0.1) is 11.3 Å². The first kappa shape index (κ1) is 18.8. The Morgan fingerprint density at radius 1 is 1.07 bits per heavy atom. The molecule has 1 aromatic carbocycles. The van der Waals surface area contributed by atoms with E-state index in [1.54, 1.807) is 11.3 Å². The standard InChI is InChI=1S/C20H19ClN4O2S/c21-18-11-10-17(25(26)27)19(24-18)22-15-8-6-13(7-9-15)16-12-28-20(23-16)14-4-2-1-3-5-14/h6-12,14H,1-5H2,(H,22,24). The number of benzene rings is 1. The van der Waals surface area contributed by atoms with Crippen molar-refractivity contribution in [3.05, 3.63) is 62.1 Å². The van der Waals surface area contributed by atoms with E-state index < -0.39 is 4.92 Å². The van der Waals surface area contributed by atoms with Gasteiger partial charge in [-0.25, -0.2) is 9.97 Å². The number of halogens is 1. The van der Waals surface area contributed by atoms with Crippen molar-refractivity contribution in [2.24, 2.45) is 0 Å². The lowest BCUT2D eigenvalue weighted by Gasteiger charge is -2.18. The van der Waals surface area contributed by atoms with Gasteiger partial charge >= 0.3 is 5.69 Å². The zero-order valence-corrected chi connectivity index (χ0v) is 16.7. The van der Waals surface area contributed by atoms with Gasteiger partial charge in [0.25, 0.3) is 0 Å². The van der Waals surface area contributed by atoms with Crippen LogP contribution in [-0.4, -0.2) is 14.9 Å². The maximum absolute atomic E-state index is 11.2. The van der Waals surface area contributed by atoms with Crippen LogP contribution in [0.15, 0.2) is 41.8 Å². The fourth-order valence-corrected chi connectivity index (χ4v) is 4.63. The van der Waals surface area contributed by atoms with Crippen molar-refractivity contribution in [1.82, 2.24) is 9.97 Å². The van der Waals surface area contributed by atoms with Crippen LogP contribution in [0.3, 0.4) is 0 Å². The number of thiazole rings is 1. The van der Waals surface area contributed by atoms with E-state index in [9.17, 15) is 10.1 Å². The van der Waals surface area contributed by atoms with Crippen LogP contribution >= 0.6 is 22.9 Å². The molecule has 0 saturated heterocycles. The molecular formula is C20H19ClN4O2S. The molecule has 0 unspecified atom stereocenters. The van der Waals surface area contributed by atoms with Gasteiger partial charge in [-0.3, -0.25) is 10.1 Å². The van der Waals surface area contributed by atoms with Crippen LogP contribution in [0.2, 0.25) is 5.15 Å². The zero-order chi connectivity index (χ0) is 19.5. The second-order valence-electron chi connectivity index (χ2n) is 6.87. The van der Waals surface area contributed by atoms with E-state index in [0.29, 0.717) is 11.6 Å². The third-order valence-corrected chi connectivity index (χ3v) is 6.17. The van der Waals surface area contributed by atoms with E-state index in [0.717, 1.165) is 11.3 Å². The van der Waals surface area contributed by atoms with Gasteiger partial charge in [0.1, 0.15) is 5.15 Å². The number of rotatable bonds is 5. The van der Waals surface area contributed by atoms with Crippen molar-refractivity contribution in [2.75, 3.05) is 5.32 Å². The van der Waals surface area contributed by atoms with Crippen molar-refractivity contribution >= 4 is 40.1 Å². The molecule has 2 heterocycles. The number of nitro groups is 1. The van der Waals surface area contributed by atoms with E-state index in [2.05, 4.69) is 15.7 Å². The molecule has 0 aliphatic heterocycles. The maximum atomic E-state index is 11.2. The molecule has 0 amide bonds. The van der Waals surface area contributed by atoms with Gasteiger partial charge in [-0.2, -0.15) is 0 Å². The first-order valence-corrected chi connectivity index (χ1v) is 10.5. The van der Waals surface area contributed by atoms with E-state index >= 15 is 0 Å². The predicted octanol–water partition coefficient (Wildman–Crippen LogP) is 6.56. The largest absolute Gasteiger partial charge is 0.334 e. The van der Waals surface area contributed by atoms with Crippen molar-refractivity contribution in [2.45, 2.75) is 38.0 Å². The monoisotopic (exact) mass is 414 g/mol. The van der Waals surface area contributed by atoms with Crippen LogP contribution in [0.25, 0.3) is 11.3 Å². The smallest absolute Gasteiger partial charge is 0.311 e. The molecule has 3 aromatic rings. The molecular weight excluding hydrogens is 396 g/mol. The molecule has 1 saturated carbocycles. The van der Waals surface area contributed by atoms with Crippen molar-refractivity contribution in [1.29, 1.82) is 0 Å². The molecule has 8 heteroatoms. The summed E-state index contributed by atoms with van der Waals surface area (Å²) >= 11 is 7.62. The van der Waals surface area contributed by atoms with E-state index in [1.807, 2.05) is 24.3 Å². The molecule has 0 radical (unpaired) electrons. The molecule has 0 bridgehead atoms. The second-order valence-corrected chi connectivity index (χ2v) is 8.14. The van der Waals surface area contributed by atoms with Crippen molar-refractivity contribution in [3.63, 3.8) is 0 Å². The fraction of sp³-hybridized carbons (Fsp3) is 0.300. The summed E-state index contributed by atoms with van der Waals surface area (Å²) in [6.07, 6.45) is 6.40. The minimum Gasteiger partial charge on any atom is -0.334 e. The number of nitrogens with one attached hydrogen (secondary N) is 1. The van der Waals surface area contributed by atoms with E-state index in [4.69, 9.17) is 16.6 Å². The third kappa shape index (κ3) is 4.15. The summed E-state index contributed by atoms with van der Waals surface area (Å²) in [5, 5.41) is 17.7. The van der Waals surface area contributed by atoms with Crippen LogP contribution in [0.4, 0.5) is 17.2 Å². The third-order valence-electron chi connectivity index (χ3n) is 4.96. The number of pyridine rings is 1.